The molecule has 1 atom stereocenters. The van der Waals surface area contributed by atoms with Crippen molar-refractivity contribution in [3.63, 3.8) is 0 Å². The number of ether oxygens (including phenoxy) is 1. The molecule has 6 nitrogen and oxygen atoms in total. The molecule has 3 aromatic carbocycles. The van der Waals surface area contributed by atoms with Crippen LogP contribution in [-0.2, 0) is 14.8 Å². The molecule has 9 heteroatoms. The first-order valence-electron chi connectivity index (χ1n) is 9.26. The molecule has 0 saturated carbocycles. The van der Waals surface area contributed by atoms with Crippen LogP contribution in [0.2, 0.25) is 10.0 Å². The highest BCUT2D eigenvalue weighted by Crippen LogP contribution is 2.23. The Morgan fingerprint density at radius 3 is 2.16 bits per heavy atom. The normalized spacial score (nSPS) is 12.1. The molecule has 1 amide bonds. The molecule has 3 rings (SSSR count). The molecule has 0 saturated heterocycles. The van der Waals surface area contributed by atoms with Crippen molar-refractivity contribution in [1.82, 2.24) is 0 Å². The number of rotatable bonds is 7. The fourth-order valence-electron chi connectivity index (χ4n) is 2.60. The molecule has 0 fully saturated rings. The highest BCUT2D eigenvalue weighted by molar-refractivity contribution is 7.92. The number of nitrogens with one attached hydrogen (secondary N) is 2. The molecule has 3 aromatic rings. The number of hydrogen-bond donors (Lipinski definition) is 2. The third-order valence-electron chi connectivity index (χ3n) is 4.35. The van der Waals surface area contributed by atoms with Crippen molar-refractivity contribution >= 4 is 50.5 Å². The van der Waals surface area contributed by atoms with Crippen LogP contribution in [0.15, 0.2) is 71.6 Å². The molecule has 162 valence electrons. The summed E-state index contributed by atoms with van der Waals surface area (Å²) in [4.78, 5) is 12.4. The third-order valence-corrected chi connectivity index (χ3v) is 6.41. The van der Waals surface area contributed by atoms with Crippen LogP contribution in [0.4, 0.5) is 11.4 Å². The first-order valence-corrected chi connectivity index (χ1v) is 11.5. The number of carbonyl (C=O) groups excluding carboxylic acids is 1. The monoisotopic (exact) mass is 478 g/mol. The standard InChI is InChI=1S/C22H20Cl2N2O4S/c1-14-3-6-18(13-21(14)24)26-31(28,29)20-11-7-17(8-12-20)25-22(27)15(2)30-19-9-4-16(23)5-10-19/h3-13,15,26H,1-2H3,(H,25,27)/t15-/m1/s1. The van der Waals surface area contributed by atoms with Gasteiger partial charge in [-0.05, 0) is 80.1 Å². The van der Waals surface area contributed by atoms with Crippen molar-refractivity contribution < 1.29 is 17.9 Å². The van der Waals surface area contributed by atoms with E-state index in [1.54, 1.807) is 49.4 Å². The second-order valence-corrected chi connectivity index (χ2v) is 9.32. The van der Waals surface area contributed by atoms with Gasteiger partial charge in [-0.1, -0.05) is 29.3 Å². The van der Waals surface area contributed by atoms with Gasteiger partial charge < -0.3 is 10.1 Å². The summed E-state index contributed by atoms with van der Waals surface area (Å²) in [6.45, 7) is 3.44. The van der Waals surface area contributed by atoms with E-state index in [4.69, 9.17) is 27.9 Å². The number of aryl methyl sites for hydroxylation is 1. The van der Waals surface area contributed by atoms with Crippen molar-refractivity contribution in [2.24, 2.45) is 0 Å². The highest BCUT2D eigenvalue weighted by atomic mass is 35.5. The van der Waals surface area contributed by atoms with Crippen LogP contribution in [-0.4, -0.2) is 20.4 Å². The Morgan fingerprint density at radius 1 is 0.935 bits per heavy atom. The smallest absolute Gasteiger partial charge is 0.265 e. The van der Waals surface area contributed by atoms with E-state index in [0.717, 1.165) is 5.56 Å². The molecule has 2 N–H and O–H groups in total. The van der Waals surface area contributed by atoms with E-state index in [1.807, 2.05) is 6.92 Å². The van der Waals surface area contributed by atoms with Gasteiger partial charge in [-0.3, -0.25) is 9.52 Å². The number of benzene rings is 3. The van der Waals surface area contributed by atoms with E-state index in [2.05, 4.69) is 10.0 Å². The Kier molecular flexibility index (Phi) is 7.10. The lowest BCUT2D eigenvalue weighted by molar-refractivity contribution is -0.122. The van der Waals surface area contributed by atoms with Crippen molar-refractivity contribution in [2.45, 2.75) is 24.8 Å². The molecule has 0 bridgehead atoms. The molecule has 0 spiro atoms. The van der Waals surface area contributed by atoms with Gasteiger partial charge in [0.25, 0.3) is 15.9 Å². The maximum Gasteiger partial charge on any atom is 0.265 e. The quantitative estimate of drug-likeness (QED) is 0.468. The van der Waals surface area contributed by atoms with Crippen molar-refractivity contribution in [2.75, 3.05) is 10.0 Å². The van der Waals surface area contributed by atoms with E-state index in [1.165, 1.54) is 24.3 Å². The molecular formula is C22H20Cl2N2O4S. The maximum absolute atomic E-state index is 12.6. The van der Waals surface area contributed by atoms with Gasteiger partial charge in [0.1, 0.15) is 5.75 Å². The Bertz CT molecular complexity index is 1180. The average molecular weight is 479 g/mol. The van der Waals surface area contributed by atoms with E-state index in [9.17, 15) is 13.2 Å². The highest BCUT2D eigenvalue weighted by Gasteiger charge is 2.17. The number of hydrogen-bond acceptors (Lipinski definition) is 4. The van der Waals surface area contributed by atoms with Crippen LogP contribution in [0.1, 0.15) is 12.5 Å². The molecule has 0 aliphatic rings. The lowest BCUT2D eigenvalue weighted by atomic mass is 10.2. The lowest BCUT2D eigenvalue weighted by Gasteiger charge is -2.15. The summed E-state index contributed by atoms with van der Waals surface area (Å²) >= 11 is 11.9. The summed E-state index contributed by atoms with van der Waals surface area (Å²) in [5.74, 6) is 0.133. The first-order chi connectivity index (χ1) is 14.6. The van der Waals surface area contributed by atoms with E-state index in [0.29, 0.717) is 27.2 Å². The number of amides is 1. The summed E-state index contributed by atoms with van der Waals surface area (Å²) in [5.41, 5.74) is 1.65. The Balaban J connectivity index is 1.63. The first kappa shape index (κ1) is 22.9. The van der Waals surface area contributed by atoms with Gasteiger partial charge in [-0.25, -0.2) is 8.42 Å². The summed E-state index contributed by atoms with van der Waals surface area (Å²) in [7, 11) is -3.81. The minimum Gasteiger partial charge on any atom is -0.481 e. The molecule has 0 unspecified atom stereocenters. The zero-order chi connectivity index (χ0) is 22.6. The fourth-order valence-corrected chi connectivity index (χ4v) is 3.96. The van der Waals surface area contributed by atoms with Crippen LogP contribution in [0, 0.1) is 6.92 Å². The minimum atomic E-state index is -3.81. The van der Waals surface area contributed by atoms with Gasteiger partial charge in [0.15, 0.2) is 6.10 Å². The van der Waals surface area contributed by atoms with Gasteiger partial charge in [0, 0.05) is 15.7 Å². The van der Waals surface area contributed by atoms with Gasteiger partial charge >= 0.3 is 0 Å². The zero-order valence-electron chi connectivity index (χ0n) is 16.7. The van der Waals surface area contributed by atoms with Crippen LogP contribution in [0.25, 0.3) is 0 Å². The number of anilines is 2. The molecule has 0 aliphatic heterocycles. The average Bonchev–Trinajstić information content (AvgIpc) is 2.72. The van der Waals surface area contributed by atoms with Crippen molar-refractivity contribution in [3.8, 4) is 5.75 Å². The SMILES string of the molecule is Cc1ccc(NS(=O)(=O)c2ccc(NC(=O)[C@@H](C)Oc3ccc(Cl)cc3)cc2)cc1Cl. The fraction of sp³-hybridized carbons (Fsp3) is 0.136. The van der Waals surface area contributed by atoms with Crippen LogP contribution < -0.4 is 14.8 Å². The van der Waals surface area contributed by atoms with Gasteiger partial charge in [-0.2, -0.15) is 0 Å². The molecule has 31 heavy (non-hydrogen) atoms. The predicted molar refractivity (Wildman–Crippen MR) is 124 cm³/mol. The largest absolute Gasteiger partial charge is 0.481 e. The number of sulfonamides is 1. The van der Waals surface area contributed by atoms with Crippen molar-refractivity contribution in [3.05, 3.63) is 82.3 Å². The lowest BCUT2D eigenvalue weighted by Crippen LogP contribution is -2.30. The molecule has 0 radical (unpaired) electrons. The Labute approximate surface area is 191 Å². The van der Waals surface area contributed by atoms with Crippen LogP contribution >= 0.6 is 23.2 Å². The second kappa shape index (κ2) is 9.60. The Morgan fingerprint density at radius 2 is 1.55 bits per heavy atom. The summed E-state index contributed by atoms with van der Waals surface area (Å²) < 4.78 is 33.3. The zero-order valence-corrected chi connectivity index (χ0v) is 19.1. The topological polar surface area (TPSA) is 84.5 Å². The molecular weight excluding hydrogens is 459 g/mol. The van der Waals surface area contributed by atoms with Crippen LogP contribution in [0.3, 0.4) is 0 Å². The summed E-state index contributed by atoms with van der Waals surface area (Å²) in [5, 5.41) is 3.73. The van der Waals surface area contributed by atoms with E-state index < -0.39 is 16.1 Å². The maximum atomic E-state index is 12.6. The molecule has 0 aromatic heterocycles. The second-order valence-electron chi connectivity index (χ2n) is 6.80. The minimum absolute atomic E-state index is 0.0488. The van der Waals surface area contributed by atoms with Gasteiger partial charge in [-0.15, -0.1) is 0 Å². The summed E-state index contributed by atoms with van der Waals surface area (Å²) in [6, 6.07) is 17.4. The van der Waals surface area contributed by atoms with Gasteiger partial charge in [0.05, 0.1) is 10.6 Å². The number of carbonyl (C=O) groups is 1. The summed E-state index contributed by atoms with van der Waals surface area (Å²) in [6.07, 6.45) is -0.766. The molecule has 0 aliphatic carbocycles. The predicted octanol–water partition coefficient (Wildman–Crippen LogP) is 5.51. The Hall–Kier alpha value is -2.74. The van der Waals surface area contributed by atoms with E-state index in [-0.39, 0.29) is 10.8 Å². The molecule has 0 heterocycles. The van der Waals surface area contributed by atoms with E-state index >= 15 is 0 Å². The van der Waals surface area contributed by atoms with Crippen LogP contribution in [0.5, 0.6) is 5.75 Å². The third kappa shape index (κ3) is 6.13. The number of halogens is 2. The van der Waals surface area contributed by atoms with Crippen molar-refractivity contribution in [1.29, 1.82) is 0 Å². The van der Waals surface area contributed by atoms with Gasteiger partial charge in [0.2, 0.25) is 0 Å².